The maximum absolute atomic E-state index is 11.1. The summed E-state index contributed by atoms with van der Waals surface area (Å²) in [5, 5.41) is 5.42. The van der Waals surface area contributed by atoms with Gasteiger partial charge in [0.25, 0.3) is 0 Å². The van der Waals surface area contributed by atoms with Gasteiger partial charge in [-0.3, -0.25) is 0 Å². The van der Waals surface area contributed by atoms with E-state index in [0.717, 1.165) is 12.1 Å². The van der Waals surface area contributed by atoms with Crippen LogP contribution in [0, 0.1) is 0 Å². The van der Waals surface area contributed by atoms with E-state index < -0.39 is 0 Å². The van der Waals surface area contributed by atoms with Gasteiger partial charge < -0.3 is 10.6 Å². The molecule has 0 fully saturated rings. The number of amides is 2. The topological polar surface area (TPSA) is 41.1 Å². The third-order valence-electron chi connectivity index (χ3n) is 1.96. The lowest BCUT2D eigenvalue weighted by Gasteiger charge is -2.05. The van der Waals surface area contributed by atoms with E-state index in [1.807, 2.05) is 31.2 Å². The van der Waals surface area contributed by atoms with Crippen molar-refractivity contribution in [2.75, 3.05) is 11.9 Å². The highest BCUT2D eigenvalue weighted by molar-refractivity contribution is 5.89. The van der Waals surface area contributed by atoms with E-state index in [1.54, 1.807) is 0 Å². The zero-order valence-corrected chi connectivity index (χ0v) is 8.63. The van der Waals surface area contributed by atoms with Crippen molar-refractivity contribution >= 4 is 11.7 Å². The monoisotopic (exact) mass is 192 g/mol. The number of aryl methyl sites for hydroxylation is 1. The molecule has 3 nitrogen and oxygen atoms in total. The van der Waals surface area contributed by atoms with Gasteiger partial charge in [-0.2, -0.15) is 0 Å². The van der Waals surface area contributed by atoms with Gasteiger partial charge in [-0.05, 0) is 31.0 Å². The molecular formula is C11H16N2O. The molecule has 0 unspecified atom stereocenters. The predicted molar refractivity (Wildman–Crippen MR) is 58.5 cm³/mol. The lowest BCUT2D eigenvalue weighted by atomic mass is 10.1. The molecule has 0 saturated carbocycles. The summed E-state index contributed by atoms with van der Waals surface area (Å²) in [5.74, 6) is 0. The number of rotatable bonds is 3. The lowest BCUT2D eigenvalue weighted by Crippen LogP contribution is -2.28. The highest BCUT2D eigenvalue weighted by atomic mass is 16.2. The number of hydrogen-bond donors (Lipinski definition) is 2. The van der Waals surface area contributed by atoms with E-state index >= 15 is 0 Å². The first-order valence-corrected chi connectivity index (χ1v) is 4.90. The number of hydrogen-bond acceptors (Lipinski definition) is 1. The molecule has 0 heterocycles. The fraction of sp³-hybridized carbons (Fsp3) is 0.364. The predicted octanol–water partition coefficient (Wildman–Crippen LogP) is 2.39. The van der Waals surface area contributed by atoms with Crippen LogP contribution in [-0.4, -0.2) is 12.6 Å². The first-order chi connectivity index (χ1) is 6.76. The Morgan fingerprint density at radius 1 is 1.21 bits per heavy atom. The molecule has 0 aromatic heterocycles. The molecule has 1 aromatic rings. The minimum atomic E-state index is -0.156. The molecule has 0 bridgehead atoms. The Balaban J connectivity index is 2.55. The number of anilines is 1. The second-order valence-corrected chi connectivity index (χ2v) is 3.03. The minimum absolute atomic E-state index is 0.156. The van der Waals surface area contributed by atoms with Crippen molar-refractivity contribution in [2.24, 2.45) is 0 Å². The van der Waals surface area contributed by atoms with E-state index in [2.05, 4.69) is 17.6 Å². The van der Waals surface area contributed by atoms with Crippen molar-refractivity contribution < 1.29 is 4.79 Å². The average molecular weight is 192 g/mol. The Morgan fingerprint density at radius 2 is 1.86 bits per heavy atom. The third-order valence-corrected chi connectivity index (χ3v) is 1.96. The van der Waals surface area contributed by atoms with Crippen LogP contribution in [0.15, 0.2) is 24.3 Å². The molecule has 1 rings (SSSR count). The van der Waals surface area contributed by atoms with Gasteiger partial charge in [0.2, 0.25) is 0 Å². The van der Waals surface area contributed by atoms with Crippen LogP contribution in [0.3, 0.4) is 0 Å². The maximum Gasteiger partial charge on any atom is 0.319 e. The average Bonchev–Trinajstić information content (AvgIpc) is 2.19. The smallest absolute Gasteiger partial charge is 0.319 e. The van der Waals surface area contributed by atoms with Crippen molar-refractivity contribution in [3.63, 3.8) is 0 Å². The van der Waals surface area contributed by atoms with Gasteiger partial charge in [0.15, 0.2) is 0 Å². The molecule has 0 saturated heterocycles. The van der Waals surface area contributed by atoms with Crippen molar-refractivity contribution in [3.05, 3.63) is 29.8 Å². The number of nitrogens with one attached hydrogen (secondary N) is 2. The zero-order valence-electron chi connectivity index (χ0n) is 8.63. The molecule has 2 amide bonds. The first-order valence-electron chi connectivity index (χ1n) is 4.90. The van der Waals surface area contributed by atoms with Gasteiger partial charge in [-0.25, -0.2) is 4.79 Å². The highest BCUT2D eigenvalue weighted by Gasteiger charge is 1.98. The van der Waals surface area contributed by atoms with E-state index in [-0.39, 0.29) is 6.03 Å². The number of carbonyl (C=O) groups excluding carboxylic acids is 1. The summed E-state index contributed by atoms with van der Waals surface area (Å²) in [5.41, 5.74) is 2.10. The molecule has 0 aliphatic heterocycles. The SMILES string of the molecule is CCNC(=O)Nc1ccc(CC)cc1. The molecule has 0 atom stereocenters. The van der Waals surface area contributed by atoms with Crippen molar-refractivity contribution in [1.82, 2.24) is 5.32 Å². The largest absolute Gasteiger partial charge is 0.338 e. The van der Waals surface area contributed by atoms with Gasteiger partial charge in [0.05, 0.1) is 0 Å². The number of carbonyl (C=O) groups is 1. The number of benzene rings is 1. The fourth-order valence-electron chi connectivity index (χ4n) is 1.16. The third kappa shape index (κ3) is 3.09. The van der Waals surface area contributed by atoms with Crippen LogP contribution >= 0.6 is 0 Å². The standard InChI is InChI=1S/C11H16N2O/c1-3-9-5-7-10(8-6-9)13-11(14)12-4-2/h5-8H,3-4H2,1-2H3,(H2,12,13,14). The van der Waals surface area contributed by atoms with Gasteiger partial charge in [-0.1, -0.05) is 19.1 Å². The normalized spacial score (nSPS) is 9.57. The minimum Gasteiger partial charge on any atom is -0.338 e. The van der Waals surface area contributed by atoms with E-state index in [1.165, 1.54) is 5.56 Å². The van der Waals surface area contributed by atoms with Crippen LogP contribution in [0.25, 0.3) is 0 Å². The molecule has 0 spiro atoms. The van der Waals surface area contributed by atoms with Gasteiger partial charge in [0.1, 0.15) is 0 Å². The van der Waals surface area contributed by atoms with Crippen LogP contribution in [0.1, 0.15) is 19.4 Å². The summed E-state index contributed by atoms with van der Waals surface area (Å²) in [6.45, 7) is 4.63. The van der Waals surface area contributed by atoms with Gasteiger partial charge >= 0.3 is 6.03 Å². The van der Waals surface area contributed by atoms with Crippen LogP contribution in [-0.2, 0) is 6.42 Å². The van der Waals surface area contributed by atoms with E-state index in [4.69, 9.17) is 0 Å². The lowest BCUT2D eigenvalue weighted by molar-refractivity contribution is 0.252. The van der Waals surface area contributed by atoms with Crippen LogP contribution in [0.2, 0.25) is 0 Å². The van der Waals surface area contributed by atoms with E-state index in [0.29, 0.717) is 6.54 Å². The first kappa shape index (κ1) is 10.6. The quantitative estimate of drug-likeness (QED) is 0.758. The fourth-order valence-corrected chi connectivity index (χ4v) is 1.16. The van der Waals surface area contributed by atoms with Gasteiger partial charge in [-0.15, -0.1) is 0 Å². The second kappa shape index (κ2) is 5.27. The molecule has 0 aliphatic carbocycles. The molecule has 2 N–H and O–H groups in total. The molecule has 0 aliphatic rings. The molecular weight excluding hydrogens is 176 g/mol. The summed E-state index contributed by atoms with van der Waals surface area (Å²) in [6, 6.07) is 7.70. The Bertz CT molecular complexity index is 293. The van der Waals surface area contributed by atoms with Crippen LogP contribution in [0.5, 0.6) is 0 Å². The molecule has 3 heteroatoms. The highest BCUT2D eigenvalue weighted by Crippen LogP contribution is 2.09. The Labute approximate surface area is 84.5 Å². The van der Waals surface area contributed by atoms with E-state index in [9.17, 15) is 4.79 Å². The zero-order chi connectivity index (χ0) is 10.4. The Kier molecular flexibility index (Phi) is 3.98. The molecule has 0 radical (unpaired) electrons. The van der Waals surface area contributed by atoms with Crippen molar-refractivity contribution in [3.8, 4) is 0 Å². The summed E-state index contributed by atoms with van der Waals surface area (Å²) in [7, 11) is 0. The molecule has 1 aromatic carbocycles. The Morgan fingerprint density at radius 3 is 2.36 bits per heavy atom. The number of urea groups is 1. The van der Waals surface area contributed by atoms with Crippen LogP contribution in [0.4, 0.5) is 10.5 Å². The van der Waals surface area contributed by atoms with Gasteiger partial charge in [0, 0.05) is 12.2 Å². The Hall–Kier alpha value is -1.51. The maximum atomic E-state index is 11.1. The summed E-state index contributed by atoms with van der Waals surface area (Å²) >= 11 is 0. The van der Waals surface area contributed by atoms with Crippen molar-refractivity contribution in [2.45, 2.75) is 20.3 Å². The molecule has 14 heavy (non-hydrogen) atoms. The summed E-state index contributed by atoms with van der Waals surface area (Å²) in [4.78, 5) is 11.1. The van der Waals surface area contributed by atoms with Crippen LogP contribution < -0.4 is 10.6 Å². The second-order valence-electron chi connectivity index (χ2n) is 3.03. The summed E-state index contributed by atoms with van der Waals surface area (Å²) in [6.07, 6.45) is 1.02. The molecule has 76 valence electrons. The summed E-state index contributed by atoms with van der Waals surface area (Å²) < 4.78 is 0. The van der Waals surface area contributed by atoms with Crippen molar-refractivity contribution in [1.29, 1.82) is 0 Å².